The van der Waals surface area contributed by atoms with E-state index in [-0.39, 0.29) is 0 Å². The van der Waals surface area contributed by atoms with Crippen LogP contribution < -0.4 is 4.90 Å². The van der Waals surface area contributed by atoms with Gasteiger partial charge in [0, 0.05) is 37.9 Å². The zero-order chi connectivity index (χ0) is 12.4. The predicted molar refractivity (Wildman–Crippen MR) is 74.2 cm³/mol. The van der Waals surface area contributed by atoms with Crippen molar-refractivity contribution < 1.29 is 4.74 Å². The summed E-state index contributed by atoms with van der Waals surface area (Å²) in [4.78, 5) is 5.08. The van der Waals surface area contributed by atoms with E-state index in [4.69, 9.17) is 4.74 Å². The van der Waals surface area contributed by atoms with Crippen molar-refractivity contribution in [1.29, 1.82) is 0 Å². The van der Waals surface area contributed by atoms with Gasteiger partial charge in [-0.2, -0.15) is 0 Å². The van der Waals surface area contributed by atoms with Gasteiger partial charge in [0.1, 0.15) is 0 Å². The van der Waals surface area contributed by atoms with Crippen LogP contribution >= 0.6 is 0 Å². The summed E-state index contributed by atoms with van der Waals surface area (Å²) in [6.07, 6.45) is 1.20. The number of anilines is 1. The smallest absolute Gasteiger partial charge is 0.0594 e. The number of nitrogens with zero attached hydrogens (tertiary/aromatic N) is 2. The average Bonchev–Trinajstić information content (AvgIpc) is 2.83. The Balaban J connectivity index is 1.63. The Morgan fingerprint density at radius 2 is 1.94 bits per heavy atom. The maximum absolute atomic E-state index is 5.42. The number of hydrogen-bond donors (Lipinski definition) is 0. The summed E-state index contributed by atoms with van der Waals surface area (Å²) in [7, 11) is 0. The van der Waals surface area contributed by atoms with Gasteiger partial charge in [0.15, 0.2) is 0 Å². The minimum Gasteiger partial charge on any atom is -0.379 e. The highest BCUT2D eigenvalue weighted by atomic mass is 16.5. The second-order valence-electron chi connectivity index (χ2n) is 5.32. The van der Waals surface area contributed by atoms with Crippen molar-refractivity contribution in [2.24, 2.45) is 0 Å². The van der Waals surface area contributed by atoms with Crippen LogP contribution in [0.3, 0.4) is 0 Å². The molecular weight excluding hydrogens is 224 g/mol. The van der Waals surface area contributed by atoms with Gasteiger partial charge in [-0.05, 0) is 25.0 Å². The molecule has 1 unspecified atom stereocenters. The number of rotatable bonds is 3. The summed E-state index contributed by atoms with van der Waals surface area (Å²) in [5.74, 6) is 0. The van der Waals surface area contributed by atoms with E-state index in [1.807, 2.05) is 0 Å². The first kappa shape index (κ1) is 12.0. The Labute approximate surface area is 109 Å². The topological polar surface area (TPSA) is 15.7 Å². The Morgan fingerprint density at radius 3 is 2.78 bits per heavy atom. The van der Waals surface area contributed by atoms with Crippen LogP contribution in [0.5, 0.6) is 0 Å². The van der Waals surface area contributed by atoms with E-state index in [9.17, 15) is 0 Å². The minimum atomic E-state index is 0.611. The number of morpholine rings is 1. The fourth-order valence-electron chi connectivity index (χ4n) is 3.05. The highest BCUT2D eigenvalue weighted by molar-refractivity contribution is 5.57. The quantitative estimate of drug-likeness (QED) is 0.808. The van der Waals surface area contributed by atoms with E-state index in [2.05, 4.69) is 41.0 Å². The van der Waals surface area contributed by atoms with Crippen molar-refractivity contribution in [1.82, 2.24) is 4.90 Å². The fourth-order valence-corrected chi connectivity index (χ4v) is 3.05. The molecule has 98 valence electrons. The third-order valence-corrected chi connectivity index (χ3v) is 4.14. The molecule has 1 aromatic carbocycles. The normalized spacial score (nSPS) is 21.9. The second-order valence-corrected chi connectivity index (χ2v) is 5.32. The van der Waals surface area contributed by atoms with Crippen LogP contribution in [0.1, 0.15) is 12.5 Å². The second kappa shape index (κ2) is 5.29. The number of benzene rings is 1. The predicted octanol–water partition coefficient (Wildman–Crippen LogP) is 1.77. The molecule has 2 aliphatic rings. The maximum atomic E-state index is 5.42. The van der Waals surface area contributed by atoms with E-state index >= 15 is 0 Å². The molecule has 3 nitrogen and oxygen atoms in total. The molecule has 0 saturated carbocycles. The molecule has 1 atom stereocenters. The summed E-state index contributed by atoms with van der Waals surface area (Å²) in [6, 6.07) is 9.42. The molecule has 3 heteroatoms. The van der Waals surface area contributed by atoms with E-state index in [0.29, 0.717) is 6.04 Å². The van der Waals surface area contributed by atoms with Gasteiger partial charge < -0.3 is 9.64 Å². The SMILES string of the molecule is CC(CN1CCc2ccccc21)N1CCOCC1. The molecule has 0 aromatic heterocycles. The van der Waals surface area contributed by atoms with E-state index in [0.717, 1.165) is 32.8 Å². The molecule has 1 fully saturated rings. The Morgan fingerprint density at radius 1 is 1.17 bits per heavy atom. The van der Waals surface area contributed by atoms with Gasteiger partial charge in [-0.3, -0.25) is 4.90 Å². The molecule has 0 bridgehead atoms. The minimum absolute atomic E-state index is 0.611. The molecule has 2 heterocycles. The Kier molecular flexibility index (Phi) is 3.52. The van der Waals surface area contributed by atoms with Crippen LogP contribution in [0.2, 0.25) is 0 Å². The first-order valence-corrected chi connectivity index (χ1v) is 6.99. The summed E-state index contributed by atoms with van der Waals surface area (Å²) in [5.41, 5.74) is 2.95. The van der Waals surface area contributed by atoms with E-state index < -0.39 is 0 Å². The molecule has 0 spiro atoms. The van der Waals surface area contributed by atoms with Gasteiger partial charge in [-0.15, -0.1) is 0 Å². The van der Waals surface area contributed by atoms with Gasteiger partial charge in [-0.25, -0.2) is 0 Å². The fraction of sp³-hybridized carbons (Fsp3) is 0.600. The van der Waals surface area contributed by atoms with Crippen molar-refractivity contribution in [3.05, 3.63) is 29.8 Å². The third-order valence-electron chi connectivity index (χ3n) is 4.14. The Bertz CT molecular complexity index is 401. The third kappa shape index (κ3) is 2.38. The number of hydrogen-bond acceptors (Lipinski definition) is 3. The standard InChI is InChI=1S/C15H22N2O/c1-13(16-8-10-18-11-9-16)12-17-7-6-14-4-2-3-5-15(14)17/h2-5,13H,6-12H2,1H3. The summed E-state index contributed by atoms with van der Waals surface area (Å²) < 4.78 is 5.42. The Hall–Kier alpha value is -1.06. The summed E-state index contributed by atoms with van der Waals surface area (Å²) in [6.45, 7) is 8.59. The summed E-state index contributed by atoms with van der Waals surface area (Å²) in [5, 5.41) is 0. The molecule has 0 radical (unpaired) electrons. The monoisotopic (exact) mass is 246 g/mol. The lowest BCUT2D eigenvalue weighted by Crippen LogP contribution is -2.47. The maximum Gasteiger partial charge on any atom is 0.0594 e. The van der Waals surface area contributed by atoms with Crippen LogP contribution in [0.4, 0.5) is 5.69 Å². The van der Waals surface area contributed by atoms with E-state index in [1.165, 1.54) is 24.2 Å². The number of fused-ring (bicyclic) bond motifs is 1. The van der Waals surface area contributed by atoms with E-state index in [1.54, 1.807) is 0 Å². The molecule has 3 rings (SSSR count). The first-order chi connectivity index (χ1) is 8.84. The van der Waals surface area contributed by atoms with Crippen LogP contribution in [0.25, 0.3) is 0 Å². The van der Waals surface area contributed by atoms with Crippen molar-refractivity contribution >= 4 is 5.69 Å². The zero-order valence-corrected chi connectivity index (χ0v) is 11.1. The summed E-state index contributed by atoms with van der Waals surface area (Å²) >= 11 is 0. The molecule has 0 N–H and O–H groups in total. The molecule has 1 saturated heterocycles. The van der Waals surface area contributed by atoms with Crippen LogP contribution in [0, 0.1) is 0 Å². The van der Waals surface area contributed by atoms with Crippen molar-refractivity contribution in [2.45, 2.75) is 19.4 Å². The molecular formula is C15H22N2O. The first-order valence-electron chi connectivity index (χ1n) is 6.99. The van der Waals surface area contributed by atoms with Gasteiger partial charge in [0.05, 0.1) is 13.2 Å². The number of ether oxygens (including phenoxy) is 1. The van der Waals surface area contributed by atoms with Crippen LogP contribution in [-0.4, -0.2) is 50.3 Å². The molecule has 2 aliphatic heterocycles. The van der Waals surface area contributed by atoms with Gasteiger partial charge in [-0.1, -0.05) is 18.2 Å². The molecule has 18 heavy (non-hydrogen) atoms. The number of para-hydroxylation sites is 1. The van der Waals surface area contributed by atoms with Crippen molar-refractivity contribution in [3.8, 4) is 0 Å². The average molecular weight is 246 g/mol. The van der Waals surface area contributed by atoms with Gasteiger partial charge >= 0.3 is 0 Å². The molecule has 0 amide bonds. The lowest BCUT2D eigenvalue weighted by atomic mass is 10.2. The molecule has 1 aromatic rings. The zero-order valence-electron chi connectivity index (χ0n) is 11.1. The van der Waals surface area contributed by atoms with Crippen LogP contribution in [0.15, 0.2) is 24.3 Å². The highest BCUT2D eigenvalue weighted by Crippen LogP contribution is 2.27. The van der Waals surface area contributed by atoms with Crippen LogP contribution in [-0.2, 0) is 11.2 Å². The van der Waals surface area contributed by atoms with Gasteiger partial charge in [0.25, 0.3) is 0 Å². The van der Waals surface area contributed by atoms with Gasteiger partial charge in [0.2, 0.25) is 0 Å². The van der Waals surface area contributed by atoms with Crippen molar-refractivity contribution in [3.63, 3.8) is 0 Å². The largest absolute Gasteiger partial charge is 0.379 e. The van der Waals surface area contributed by atoms with Crippen molar-refractivity contribution in [2.75, 3.05) is 44.3 Å². The lowest BCUT2D eigenvalue weighted by Gasteiger charge is -2.35. The lowest BCUT2D eigenvalue weighted by molar-refractivity contribution is 0.0217. The molecule has 0 aliphatic carbocycles. The highest BCUT2D eigenvalue weighted by Gasteiger charge is 2.23.